The Balaban J connectivity index is 1.36. The van der Waals surface area contributed by atoms with Crippen LogP contribution < -0.4 is 0 Å². The van der Waals surface area contributed by atoms with E-state index in [-0.39, 0.29) is 39.7 Å². The molecule has 0 aromatic carbocycles. The molecule has 0 aromatic heterocycles. The van der Waals surface area contributed by atoms with Gasteiger partial charge in [0.05, 0.1) is 11.7 Å². The van der Waals surface area contributed by atoms with Crippen molar-refractivity contribution in [3.63, 3.8) is 0 Å². The maximum Gasteiger partial charge on any atom is 0.306 e. The zero-order chi connectivity index (χ0) is 34.0. The molecule has 0 unspecified atom stereocenters. The topological polar surface area (TPSA) is 66.8 Å². The number of hydrogen-bond acceptors (Lipinski definition) is 4. The van der Waals surface area contributed by atoms with Crippen LogP contribution in [0.15, 0.2) is 12.2 Å². The predicted octanol–water partition coefficient (Wildman–Crippen LogP) is 11.0. The SMILES string of the molecule is C=C(C)[C@H](O)CC[C@](C)(O)[C@H]1CC[C@]2(C)[C@@H]1CC[C@@H]1[C@@]3(C)CC[C@H](OC(=O)CCCCCCCCCCC)C(C)(C)[C@@H]3CC[C@]12C. The lowest BCUT2D eigenvalue weighted by atomic mass is 9.35. The minimum Gasteiger partial charge on any atom is -0.462 e. The van der Waals surface area contributed by atoms with Crippen LogP contribution in [-0.2, 0) is 9.53 Å². The molecule has 46 heavy (non-hydrogen) atoms. The van der Waals surface area contributed by atoms with Crippen molar-refractivity contribution < 1.29 is 19.7 Å². The second-order valence-electron chi connectivity index (χ2n) is 18.5. The van der Waals surface area contributed by atoms with Crippen molar-refractivity contribution >= 4 is 5.97 Å². The number of unbranched alkanes of at least 4 members (excludes halogenated alkanes) is 8. The number of hydrogen-bond donors (Lipinski definition) is 2. The lowest BCUT2D eigenvalue weighted by molar-refractivity contribution is -0.230. The van der Waals surface area contributed by atoms with E-state index in [9.17, 15) is 15.0 Å². The van der Waals surface area contributed by atoms with Gasteiger partial charge in [-0.25, -0.2) is 0 Å². The summed E-state index contributed by atoms with van der Waals surface area (Å²) in [6.45, 7) is 22.7. The highest BCUT2D eigenvalue weighted by Gasteiger charge is 2.69. The van der Waals surface area contributed by atoms with Crippen molar-refractivity contribution in [2.45, 2.75) is 202 Å². The molecule has 0 aromatic rings. The Morgan fingerprint density at radius 3 is 2.09 bits per heavy atom. The molecular weight excluding hydrogens is 568 g/mol. The van der Waals surface area contributed by atoms with E-state index in [2.05, 4.69) is 48.1 Å². The van der Waals surface area contributed by atoms with Gasteiger partial charge in [-0.3, -0.25) is 4.79 Å². The third-order valence-corrected chi connectivity index (χ3v) is 15.4. The number of ether oxygens (including phenoxy) is 1. The lowest BCUT2D eigenvalue weighted by Gasteiger charge is -2.70. The summed E-state index contributed by atoms with van der Waals surface area (Å²) in [5.41, 5.74) is 0.716. The summed E-state index contributed by atoms with van der Waals surface area (Å²) in [5, 5.41) is 22.2. The van der Waals surface area contributed by atoms with Gasteiger partial charge in [-0.05, 0) is 124 Å². The average molecular weight is 643 g/mol. The Hall–Kier alpha value is -0.870. The fraction of sp³-hybridized carbons (Fsp3) is 0.929. The van der Waals surface area contributed by atoms with Gasteiger partial charge in [-0.1, -0.05) is 105 Å². The van der Waals surface area contributed by atoms with Gasteiger partial charge in [0.25, 0.3) is 0 Å². The molecule has 4 heteroatoms. The normalized spacial score (nSPS) is 38.6. The molecule has 0 spiro atoms. The molecule has 4 aliphatic carbocycles. The van der Waals surface area contributed by atoms with Crippen LogP contribution in [0.3, 0.4) is 0 Å². The molecule has 0 heterocycles. The van der Waals surface area contributed by atoms with Crippen LogP contribution in [0.4, 0.5) is 0 Å². The van der Waals surface area contributed by atoms with Crippen LogP contribution in [0.25, 0.3) is 0 Å². The quantitative estimate of drug-likeness (QED) is 0.0998. The second-order valence-corrected chi connectivity index (χ2v) is 18.5. The zero-order valence-corrected chi connectivity index (χ0v) is 31.5. The van der Waals surface area contributed by atoms with Crippen molar-refractivity contribution in [3.8, 4) is 0 Å². The first-order valence-corrected chi connectivity index (χ1v) is 19.8. The maximum absolute atomic E-state index is 13.1. The summed E-state index contributed by atoms with van der Waals surface area (Å²) in [5.74, 6) is 2.05. The summed E-state index contributed by atoms with van der Waals surface area (Å²) in [4.78, 5) is 13.1. The van der Waals surface area contributed by atoms with Crippen LogP contribution in [0, 0.1) is 45.3 Å². The van der Waals surface area contributed by atoms with Crippen molar-refractivity contribution in [1.82, 2.24) is 0 Å². The molecule has 4 rings (SSSR count). The first-order chi connectivity index (χ1) is 21.5. The van der Waals surface area contributed by atoms with E-state index < -0.39 is 11.7 Å². The minimum atomic E-state index is -0.763. The molecule has 266 valence electrons. The molecule has 0 radical (unpaired) electrons. The standard InChI is InChI=1S/C42H74O4/c1-10-11-12-13-14-15-16-17-18-19-37(44)46-36-25-26-39(6)34(38(36,4)5)24-28-41(8)35(39)21-20-31-32(22-27-40(31,41)7)42(9,45)29-23-33(43)30(2)3/h31-36,43,45H,2,10-29H2,1,3-9H3/t31-,32+,33-,34+,35-,36+,39+,40-,41-,42+/m1/s1. The molecule has 4 fully saturated rings. The number of esters is 1. The molecule has 2 N–H and O–H groups in total. The minimum absolute atomic E-state index is 0.0216. The molecule has 4 saturated carbocycles. The van der Waals surface area contributed by atoms with Crippen molar-refractivity contribution in [3.05, 3.63) is 12.2 Å². The van der Waals surface area contributed by atoms with Gasteiger partial charge in [0.2, 0.25) is 0 Å². The molecule has 4 aliphatic rings. The van der Waals surface area contributed by atoms with Gasteiger partial charge in [-0.15, -0.1) is 0 Å². The summed E-state index contributed by atoms with van der Waals surface area (Å²) in [7, 11) is 0. The highest BCUT2D eigenvalue weighted by molar-refractivity contribution is 5.69. The number of carbonyl (C=O) groups is 1. The Kier molecular flexibility index (Phi) is 12.3. The number of aliphatic hydroxyl groups is 2. The summed E-state index contributed by atoms with van der Waals surface area (Å²) in [6.07, 6.45) is 21.9. The second kappa shape index (κ2) is 14.9. The molecule has 10 atom stereocenters. The van der Waals surface area contributed by atoms with Gasteiger partial charge in [0.1, 0.15) is 6.10 Å². The van der Waals surface area contributed by atoms with Crippen molar-refractivity contribution in [2.75, 3.05) is 0 Å². The first kappa shape index (κ1) is 37.9. The Morgan fingerprint density at radius 2 is 1.46 bits per heavy atom. The smallest absolute Gasteiger partial charge is 0.306 e. The van der Waals surface area contributed by atoms with E-state index in [1.165, 1.54) is 77.0 Å². The van der Waals surface area contributed by atoms with E-state index in [1.807, 2.05) is 13.8 Å². The van der Waals surface area contributed by atoms with E-state index in [1.54, 1.807) is 0 Å². The fourth-order valence-corrected chi connectivity index (χ4v) is 12.3. The Morgan fingerprint density at radius 1 is 0.848 bits per heavy atom. The van der Waals surface area contributed by atoms with Crippen LogP contribution in [0.5, 0.6) is 0 Å². The van der Waals surface area contributed by atoms with Crippen molar-refractivity contribution in [1.29, 1.82) is 0 Å². The summed E-state index contributed by atoms with van der Waals surface area (Å²) >= 11 is 0. The molecule has 0 bridgehead atoms. The molecular formula is C42H74O4. The van der Waals surface area contributed by atoms with E-state index in [0.717, 1.165) is 37.7 Å². The van der Waals surface area contributed by atoms with E-state index in [4.69, 9.17) is 4.74 Å². The van der Waals surface area contributed by atoms with E-state index >= 15 is 0 Å². The molecule has 0 aliphatic heterocycles. The number of fused-ring (bicyclic) bond motifs is 5. The highest BCUT2D eigenvalue weighted by atomic mass is 16.5. The first-order valence-electron chi connectivity index (χ1n) is 19.8. The molecule has 0 amide bonds. The number of aliphatic hydroxyl groups excluding tert-OH is 1. The maximum atomic E-state index is 13.1. The highest BCUT2D eigenvalue weighted by Crippen LogP contribution is 2.76. The Labute approximate surface area is 284 Å². The van der Waals surface area contributed by atoms with Gasteiger partial charge in [-0.2, -0.15) is 0 Å². The molecule has 4 nitrogen and oxygen atoms in total. The lowest BCUT2D eigenvalue weighted by Crippen LogP contribution is -2.64. The number of carbonyl (C=O) groups excluding carboxylic acids is 1. The summed E-state index contributed by atoms with van der Waals surface area (Å²) in [6, 6.07) is 0. The third-order valence-electron chi connectivity index (χ3n) is 15.4. The van der Waals surface area contributed by atoms with Crippen LogP contribution in [0.1, 0.15) is 184 Å². The van der Waals surface area contributed by atoms with Gasteiger partial charge < -0.3 is 14.9 Å². The van der Waals surface area contributed by atoms with Gasteiger partial charge in [0, 0.05) is 11.8 Å². The van der Waals surface area contributed by atoms with Crippen LogP contribution >= 0.6 is 0 Å². The summed E-state index contributed by atoms with van der Waals surface area (Å²) < 4.78 is 6.34. The van der Waals surface area contributed by atoms with E-state index in [0.29, 0.717) is 37.0 Å². The monoisotopic (exact) mass is 643 g/mol. The fourth-order valence-electron chi connectivity index (χ4n) is 12.3. The van der Waals surface area contributed by atoms with Crippen LogP contribution in [-0.4, -0.2) is 34.0 Å². The molecule has 0 saturated heterocycles. The number of rotatable bonds is 16. The van der Waals surface area contributed by atoms with Gasteiger partial charge >= 0.3 is 5.97 Å². The van der Waals surface area contributed by atoms with Crippen molar-refractivity contribution in [2.24, 2.45) is 45.3 Å². The predicted molar refractivity (Wildman–Crippen MR) is 191 cm³/mol. The Bertz CT molecular complexity index is 1030. The largest absolute Gasteiger partial charge is 0.462 e. The zero-order valence-electron chi connectivity index (χ0n) is 31.5. The van der Waals surface area contributed by atoms with Gasteiger partial charge in [0.15, 0.2) is 0 Å². The average Bonchev–Trinajstić information content (AvgIpc) is 3.35. The third kappa shape index (κ3) is 7.34. The van der Waals surface area contributed by atoms with Crippen LogP contribution in [0.2, 0.25) is 0 Å².